The van der Waals surface area contributed by atoms with Crippen LogP contribution in [0.15, 0.2) is 23.3 Å². The molecule has 0 radical (unpaired) electrons. The van der Waals surface area contributed by atoms with E-state index in [4.69, 9.17) is 10.5 Å². The Kier molecular flexibility index (Phi) is 4.15. The molecule has 1 aliphatic heterocycles. The molecule has 0 spiro atoms. The van der Waals surface area contributed by atoms with Crippen molar-refractivity contribution >= 4 is 5.96 Å². The predicted molar refractivity (Wildman–Crippen MR) is 71.3 cm³/mol. The first kappa shape index (κ1) is 12.8. The summed E-state index contributed by atoms with van der Waals surface area (Å²) < 4.78 is 5.47. The van der Waals surface area contributed by atoms with Crippen LogP contribution in [0.25, 0.3) is 0 Å². The lowest BCUT2D eigenvalue weighted by atomic mass is 10.2. The minimum absolute atomic E-state index is 0.213. The summed E-state index contributed by atoms with van der Waals surface area (Å²) in [7, 11) is 0. The van der Waals surface area contributed by atoms with Gasteiger partial charge < -0.3 is 15.4 Å². The van der Waals surface area contributed by atoms with Crippen LogP contribution >= 0.6 is 0 Å². The molecule has 0 amide bonds. The molecule has 1 saturated heterocycles. The zero-order valence-corrected chi connectivity index (χ0v) is 11.0. The molecule has 1 atom stereocenters. The fourth-order valence-corrected chi connectivity index (χ4v) is 1.97. The number of nitrogens with zero attached hydrogens (tertiary/aromatic N) is 3. The fraction of sp³-hybridized carbons (Fsp3) is 0.538. The van der Waals surface area contributed by atoms with Crippen molar-refractivity contribution in [2.24, 2.45) is 10.7 Å². The standard InChI is InChI=1S/C13H20N4O/c1-10-3-4-15-12(7-10)8-16-13(14)17-5-6-18-11(2)9-17/h3-4,7,11H,5-6,8-9H2,1-2H3,(H2,14,16). The highest BCUT2D eigenvalue weighted by molar-refractivity contribution is 5.78. The molecule has 1 aromatic rings. The molecule has 2 rings (SSSR count). The number of hydrogen-bond acceptors (Lipinski definition) is 3. The molecule has 5 nitrogen and oxygen atoms in total. The predicted octanol–water partition coefficient (Wildman–Crippen LogP) is 0.925. The summed E-state index contributed by atoms with van der Waals surface area (Å²) in [5, 5.41) is 0. The molecule has 2 heterocycles. The van der Waals surface area contributed by atoms with E-state index < -0.39 is 0 Å². The minimum atomic E-state index is 0.213. The number of aromatic nitrogens is 1. The Morgan fingerprint density at radius 3 is 3.22 bits per heavy atom. The van der Waals surface area contributed by atoms with Crippen LogP contribution in [-0.4, -0.2) is 41.6 Å². The van der Waals surface area contributed by atoms with Crippen LogP contribution in [0.2, 0.25) is 0 Å². The molecular weight excluding hydrogens is 228 g/mol. The van der Waals surface area contributed by atoms with E-state index in [1.807, 2.05) is 26.0 Å². The van der Waals surface area contributed by atoms with Gasteiger partial charge in [-0.05, 0) is 31.5 Å². The maximum atomic E-state index is 5.99. The topological polar surface area (TPSA) is 63.7 Å². The smallest absolute Gasteiger partial charge is 0.191 e. The zero-order valence-electron chi connectivity index (χ0n) is 11.0. The van der Waals surface area contributed by atoms with Crippen LogP contribution in [0.4, 0.5) is 0 Å². The summed E-state index contributed by atoms with van der Waals surface area (Å²) in [6, 6.07) is 4.00. The number of morpholine rings is 1. The van der Waals surface area contributed by atoms with Gasteiger partial charge in [-0.25, -0.2) is 4.99 Å². The van der Waals surface area contributed by atoms with Crippen LogP contribution in [0.1, 0.15) is 18.2 Å². The maximum Gasteiger partial charge on any atom is 0.191 e. The molecule has 0 aromatic carbocycles. The SMILES string of the molecule is Cc1ccnc(CN=C(N)N2CCOC(C)C2)c1. The summed E-state index contributed by atoms with van der Waals surface area (Å²) in [4.78, 5) is 10.7. The third-order valence-corrected chi connectivity index (χ3v) is 2.94. The van der Waals surface area contributed by atoms with Crippen molar-refractivity contribution in [3.8, 4) is 0 Å². The van der Waals surface area contributed by atoms with Crippen molar-refractivity contribution in [2.75, 3.05) is 19.7 Å². The van der Waals surface area contributed by atoms with E-state index >= 15 is 0 Å². The van der Waals surface area contributed by atoms with Crippen molar-refractivity contribution in [3.63, 3.8) is 0 Å². The van der Waals surface area contributed by atoms with Crippen LogP contribution in [-0.2, 0) is 11.3 Å². The molecule has 1 unspecified atom stereocenters. The van der Waals surface area contributed by atoms with Crippen LogP contribution in [0.5, 0.6) is 0 Å². The van der Waals surface area contributed by atoms with E-state index in [1.165, 1.54) is 5.56 Å². The second-order valence-corrected chi connectivity index (χ2v) is 4.63. The molecular formula is C13H20N4O. The molecule has 5 heteroatoms. The van der Waals surface area contributed by atoms with Gasteiger partial charge in [0, 0.05) is 19.3 Å². The Morgan fingerprint density at radius 2 is 2.50 bits per heavy atom. The average molecular weight is 248 g/mol. The quantitative estimate of drug-likeness (QED) is 0.624. The van der Waals surface area contributed by atoms with Gasteiger partial charge in [0.2, 0.25) is 0 Å². The third-order valence-electron chi connectivity index (χ3n) is 2.94. The van der Waals surface area contributed by atoms with Crippen molar-refractivity contribution in [1.29, 1.82) is 0 Å². The number of ether oxygens (including phenoxy) is 1. The van der Waals surface area contributed by atoms with Gasteiger partial charge in [-0.2, -0.15) is 0 Å². The summed E-state index contributed by atoms with van der Waals surface area (Å²) >= 11 is 0. The molecule has 1 aromatic heterocycles. The van der Waals surface area contributed by atoms with Crippen LogP contribution in [0.3, 0.4) is 0 Å². The Bertz CT molecular complexity index is 433. The molecule has 2 N–H and O–H groups in total. The van der Waals surface area contributed by atoms with E-state index in [0.29, 0.717) is 19.1 Å². The van der Waals surface area contributed by atoms with E-state index in [9.17, 15) is 0 Å². The summed E-state index contributed by atoms with van der Waals surface area (Å²) in [6.07, 6.45) is 2.01. The minimum Gasteiger partial charge on any atom is -0.375 e. The lowest BCUT2D eigenvalue weighted by Gasteiger charge is -2.31. The maximum absolute atomic E-state index is 5.99. The highest BCUT2D eigenvalue weighted by atomic mass is 16.5. The molecule has 98 valence electrons. The first-order valence-electron chi connectivity index (χ1n) is 6.23. The Morgan fingerprint density at radius 1 is 1.67 bits per heavy atom. The highest BCUT2D eigenvalue weighted by Crippen LogP contribution is 2.05. The Hall–Kier alpha value is -1.62. The first-order valence-corrected chi connectivity index (χ1v) is 6.23. The number of hydrogen-bond donors (Lipinski definition) is 1. The lowest BCUT2D eigenvalue weighted by molar-refractivity contribution is 0.00528. The Labute approximate surface area is 108 Å². The molecule has 18 heavy (non-hydrogen) atoms. The number of guanidine groups is 1. The van der Waals surface area contributed by atoms with Gasteiger partial charge >= 0.3 is 0 Å². The third kappa shape index (κ3) is 3.43. The van der Waals surface area contributed by atoms with E-state index in [1.54, 1.807) is 6.20 Å². The fourth-order valence-electron chi connectivity index (χ4n) is 1.97. The summed E-state index contributed by atoms with van der Waals surface area (Å²) in [5.74, 6) is 0.577. The van der Waals surface area contributed by atoms with E-state index in [0.717, 1.165) is 18.8 Å². The van der Waals surface area contributed by atoms with Crippen LogP contribution < -0.4 is 5.73 Å². The van der Waals surface area contributed by atoms with Crippen molar-refractivity contribution in [2.45, 2.75) is 26.5 Å². The van der Waals surface area contributed by atoms with E-state index in [-0.39, 0.29) is 6.10 Å². The number of aliphatic imine (C=N–C) groups is 1. The van der Waals surface area contributed by atoms with Gasteiger partial charge in [0.1, 0.15) is 0 Å². The van der Waals surface area contributed by atoms with Crippen molar-refractivity contribution < 1.29 is 4.74 Å². The van der Waals surface area contributed by atoms with Crippen molar-refractivity contribution in [3.05, 3.63) is 29.6 Å². The van der Waals surface area contributed by atoms with Gasteiger partial charge in [-0.3, -0.25) is 4.98 Å². The molecule has 0 saturated carbocycles. The zero-order chi connectivity index (χ0) is 13.0. The van der Waals surface area contributed by atoms with Gasteiger partial charge in [0.25, 0.3) is 0 Å². The average Bonchev–Trinajstić information content (AvgIpc) is 2.36. The summed E-state index contributed by atoms with van der Waals surface area (Å²) in [6.45, 7) is 6.93. The lowest BCUT2D eigenvalue weighted by Crippen LogP contribution is -2.47. The van der Waals surface area contributed by atoms with Crippen LogP contribution in [0, 0.1) is 6.92 Å². The largest absolute Gasteiger partial charge is 0.375 e. The number of nitrogens with two attached hydrogens (primary N) is 1. The van der Waals surface area contributed by atoms with E-state index in [2.05, 4.69) is 14.9 Å². The van der Waals surface area contributed by atoms with Gasteiger partial charge in [0.15, 0.2) is 5.96 Å². The highest BCUT2D eigenvalue weighted by Gasteiger charge is 2.17. The molecule has 0 aliphatic carbocycles. The second kappa shape index (κ2) is 5.82. The monoisotopic (exact) mass is 248 g/mol. The van der Waals surface area contributed by atoms with Crippen molar-refractivity contribution in [1.82, 2.24) is 9.88 Å². The molecule has 1 fully saturated rings. The number of pyridine rings is 1. The van der Waals surface area contributed by atoms with Gasteiger partial charge in [-0.1, -0.05) is 0 Å². The normalized spacial score (nSPS) is 21.1. The Balaban J connectivity index is 1.96. The number of aryl methyl sites for hydroxylation is 1. The summed E-state index contributed by atoms with van der Waals surface area (Å²) in [5.41, 5.74) is 8.12. The van der Waals surface area contributed by atoms with Gasteiger partial charge in [0.05, 0.1) is 24.9 Å². The first-order chi connectivity index (χ1) is 8.65. The van der Waals surface area contributed by atoms with Gasteiger partial charge in [-0.15, -0.1) is 0 Å². The molecule has 0 bridgehead atoms. The second-order valence-electron chi connectivity index (χ2n) is 4.63. The molecule has 1 aliphatic rings. The number of rotatable bonds is 2.